The Balaban J connectivity index is 1.15. The minimum absolute atomic E-state index is 0.00516. The molecule has 0 saturated heterocycles. The molecule has 1 unspecified atom stereocenters. The second-order valence-electron chi connectivity index (χ2n) is 14.9. The molecule has 0 fully saturated rings. The number of nitrogens with one attached hydrogen (secondary N) is 1. The highest BCUT2D eigenvalue weighted by Crippen LogP contribution is 2.45. The molecule has 1 aromatic heterocycles. The van der Waals surface area contributed by atoms with Crippen molar-refractivity contribution in [1.82, 2.24) is 9.88 Å². The minimum atomic E-state index is -0.00516. The predicted octanol–water partition coefficient (Wildman–Crippen LogP) is 13.6. The van der Waals surface area contributed by atoms with Crippen molar-refractivity contribution in [2.75, 3.05) is 0 Å². The molecule has 0 saturated carbocycles. The third-order valence-corrected chi connectivity index (χ3v) is 11.7. The van der Waals surface area contributed by atoms with Gasteiger partial charge in [-0.05, 0) is 97.4 Å². The number of benzene rings is 8. The van der Waals surface area contributed by atoms with Gasteiger partial charge in [0.15, 0.2) is 0 Å². The zero-order chi connectivity index (χ0) is 37.0. The lowest BCUT2D eigenvalue weighted by Gasteiger charge is -2.26. The molecule has 0 amide bonds. The number of rotatable bonds is 5. The first-order chi connectivity index (χ1) is 27.8. The Labute approximate surface area is 326 Å². The second kappa shape index (κ2) is 13.3. The molecule has 1 aliphatic heterocycles. The molecule has 0 spiro atoms. The van der Waals surface area contributed by atoms with Crippen LogP contribution >= 0.6 is 0 Å². The third-order valence-electron chi connectivity index (χ3n) is 11.7. The van der Waals surface area contributed by atoms with Gasteiger partial charge in [-0.15, -0.1) is 0 Å². The number of hydrogen-bond acceptors (Lipinski definition) is 1. The quantitative estimate of drug-likeness (QED) is 0.176. The summed E-state index contributed by atoms with van der Waals surface area (Å²) in [7, 11) is 0. The smallest absolute Gasteiger partial charge is 0.0721 e. The Hall–Kier alpha value is -7.16. The van der Waals surface area contributed by atoms with Gasteiger partial charge in [0.25, 0.3) is 0 Å². The van der Waals surface area contributed by atoms with Gasteiger partial charge < -0.3 is 9.88 Å². The van der Waals surface area contributed by atoms with Crippen LogP contribution in [0.2, 0.25) is 0 Å². The van der Waals surface area contributed by atoms with Gasteiger partial charge in [0.1, 0.15) is 0 Å². The fourth-order valence-corrected chi connectivity index (χ4v) is 8.98. The van der Waals surface area contributed by atoms with Crippen LogP contribution in [0.15, 0.2) is 200 Å². The summed E-state index contributed by atoms with van der Waals surface area (Å²) in [5, 5.41) is 11.5. The van der Waals surface area contributed by atoms with E-state index in [9.17, 15) is 0 Å². The van der Waals surface area contributed by atoms with E-state index in [1.165, 1.54) is 87.9 Å². The van der Waals surface area contributed by atoms with Gasteiger partial charge in [0, 0.05) is 27.6 Å². The summed E-state index contributed by atoms with van der Waals surface area (Å²) >= 11 is 0. The lowest BCUT2D eigenvalue weighted by Crippen LogP contribution is -2.22. The number of hydrogen-bond donors (Lipinski definition) is 1. The van der Waals surface area contributed by atoms with Gasteiger partial charge >= 0.3 is 0 Å². The molecule has 8 aromatic carbocycles. The van der Waals surface area contributed by atoms with E-state index in [1.807, 2.05) is 0 Å². The summed E-state index contributed by atoms with van der Waals surface area (Å²) in [5.74, 6) is 0. The Bertz CT molecular complexity index is 3110. The van der Waals surface area contributed by atoms with E-state index >= 15 is 0 Å². The maximum atomic E-state index is 3.87. The van der Waals surface area contributed by atoms with Crippen molar-refractivity contribution < 1.29 is 0 Å². The Morgan fingerprint density at radius 2 is 1.14 bits per heavy atom. The maximum Gasteiger partial charge on any atom is 0.0721 e. The Morgan fingerprint density at radius 3 is 1.91 bits per heavy atom. The van der Waals surface area contributed by atoms with E-state index < -0.39 is 0 Å². The summed E-state index contributed by atoms with van der Waals surface area (Å²) in [6, 6.07) is 64.2. The Kier molecular flexibility index (Phi) is 7.67. The van der Waals surface area contributed by atoms with E-state index in [0.29, 0.717) is 0 Å². The molecule has 11 rings (SSSR count). The van der Waals surface area contributed by atoms with Crippen LogP contribution in [0.4, 0.5) is 0 Å². The van der Waals surface area contributed by atoms with E-state index in [-0.39, 0.29) is 6.04 Å². The van der Waals surface area contributed by atoms with E-state index in [1.54, 1.807) is 0 Å². The molecule has 2 heterocycles. The van der Waals surface area contributed by atoms with E-state index in [4.69, 9.17) is 0 Å². The van der Waals surface area contributed by atoms with Crippen LogP contribution in [0.3, 0.4) is 0 Å². The van der Waals surface area contributed by atoms with Crippen molar-refractivity contribution in [2.45, 2.75) is 12.5 Å². The molecule has 1 aliphatic carbocycles. The van der Waals surface area contributed by atoms with Crippen LogP contribution in [0.25, 0.3) is 77.5 Å². The molecule has 2 heteroatoms. The first kappa shape index (κ1) is 32.3. The van der Waals surface area contributed by atoms with Crippen molar-refractivity contribution in [3.8, 4) is 11.1 Å². The number of fused-ring (bicyclic) bond motifs is 9. The first-order valence-corrected chi connectivity index (χ1v) is 19.5. The molecule has 9 aromatic rings. The zero-order valence-corrected chi connectivity index (χ0v) is 30.9. The van der Waals surface area contributed by atoms with Crippen molar-refractivity contribution >= 4 is 66.4 Å². The van der Waals surface area contributed by atoms with Gasteiger partial charge in [-0.2, -0.15) is 0 Å². The van der Waals surface area contributed by atoms with Crippen LogP contribution in [-0.2, 0) is 6.42 Å². The summed E-state index contributed by atoms with van der Waals surface area (Å²) in [5.41, 5.74) is 14.8. The average Bonchev–Trinajstić information content (AvgIpc) is 3.47. The minimum Gasteiger partial charge on any atom is -0.374 e. The monoisotopic (exact) mass is 714 g/mol. The average molecular weight is 715 g/mol. The lowest BCUT2D eigenvalue weighted by molar-refractivity contribution is 0.762. The predicted molar refractivity (Wildman–Crippen MR) is 238 cm³/mol. The number of nitrogens with zero attached hydrogens (tertiary/aromatic N) is 1. The van der Waals surface area contributed by atoms with Crippen molar-refractivity contribution in [3.63, 3.8) is 0 Å². The Morgan fingerprint density at radius 1 is 0.518 bits per heavy atom. The van der Waals surface area contributed by atoms with Gasteiger partial charge in [0.2, 0.25) is 0 Å². The number of allylic oxidation sites excluding steroid dienone is 5. The van der Waals surface area contributed by atoms with Gasteiger partial charge in [0.05, 0.1) is 17.1 Å². The SMILES string of the molecule is C1=Cc2cc(-c3ccc4c(c3)c3c5ccccc5c5ccccc5c3n4C3=CC(c4ccccc4)NC(c4ccccc4)=C3)ccc2CC(c2ccccc2)=C1. The molecule has 0 bridgehead atoms. The fourth-order valence-electron chi connectivity index (χ4n) is 8.98. The summed E-state index contributed by atoms with van der Waals surface area (Å²) in [6.07, 6.45) is 12.4. The molecule has 1 atom stereocenters. The molecule has 2 nitrogen and oxygen atoms in total. The van der Waals surface area contributed by atoms with Gasteiger partial charge in [-0.1, -0.05) is 176 Å². The van der Waals surface area contributed by atoms with Crippen LogP contribution in [0.5, 0.6) is 0 Å². The number of aromatic nitrogens is 1. The molecule has 2 aliphatic rings. The van der Waals surface area contributed by atoms with Crippen molar-refractivity contribution in [1.29, 1.82) is 0 Å². The summed E-state index contributed by atoms with van der Waals surface area (Å²) < 4.78 is 2.53. The highest BCUT2D eigenvalue weighted by Gasteiger charge is 2.24. The molecule has 56 heavy (non-hydrogen) atoms. The highest BCUT2D eigenvalue weighted by molar-refractivity contribution is 6.32. The summed E-state index contributed by atoms with van der Waals surface area (Å²) in [4.78, 5) is 0. The second-order valence-corrected chi connectivity index (χ2v) is 14.9. The van der Waals surface area contributed by atoms with Crippen molar-refractivity contribution in [3.05, 3.63) is 228 Å². The lowest BCUT2D eigenvalue weighted by atomic mass is 9.93. The molecule has 264 valence electrons. The first-order valence-electron chi connectivity index (χ1n) is 19.5. The molecular formula is C54H38N2. The molecule has 1 N–H and O–H groups in total. The topological polar surface area (TPSA) is 17.0 Å². The van der Waals surface area contributed by atoms with Gasteiger partial charge in [-0.3, -0.25) is 0 Å². The number of dihydropyridines is 1. The van der Waals surface area contributed by atoms with Crippen LogP contribution < -0.4 is 5.32 Å². The molecule has 0 radical (unpaired) electrons. The molecular weight excluding hydrogens is 677 g/mol. The normalized spacial score (nSPS) is 15.3. The van der Waals surface area contributed by atoms with Crippen LogP contribution in [0.1, 0.15) is 33.9 Å². The third kappa shape index (κ3) is 5.41. The fraction of sp³-hybridized carbons (Fsp3) is 0.0370. The summed E-state index contributed by atoms with van der Waals surface area (Å²) in [6.45, 7) is 0. The van der Waals surface area contributed by atoms with E-state index in [0.717, 1.165) is 17.8 Å². The van der Waals surface area contributed by atoms with Gasteiger partial charge in [-0.25, -0.2) is 0 Å². The van der Waals surface area contributed by atoms with Crippen LogP contribution in [0, 0.1) is 0 Å². The highest BCUT2D eigenvalue weighted by atomic mass is 15.0. The largest absolute Gasteiger partial charge is 0.374 e. The van der Waals surface area contributed by atoms with Crippen molar-refractivity contribution in [2.24, 2.45) is 0 Å². The zero-order valence-electron chi connectivity index (χ0n) is 30.9. The standard InChI is InChI=1S/C54H38N2/c1-4-15-36(16-5-1)39-21-14-22-40-32-42(28-27-41(40)31-39)43-29-30-52-49(33-43)53-47-25-12-10-23-45(47)46-24-11-13-26-48(46)54(53)56(52)44-34-50(37-17-6-2-7-18-37)55-51(35-44)38-19-8-3-9-20-38/h1-30,32-35,50,55H,31H2. The maximum absolute atomic E-state index is 3.87. The van der Waals surface area contributed by atoms with E-state index in [2.05, 4.69) is 216 Å². The van der Waals surface area contributed by atoms with Crippen LogP contribution in [-0.4, -0.2) is 4.57 Å².